The van der Waals surface area contributed by atoms with Gasteiger partial charge in [0.1, 0.15) is 0 Å². The minimum absolute atomic E-state index is 0.0298. The van der Waals surface area contributed by atoms with Gasteiger partial charge in [0.2, 0.25) is 0 Å². The summed E-state index contributed by atoms with van der Waals surface area (Å²) in [6, 6.07) is 5.57. The van der Waals surface area contributed by atoms with E-state index in [0.29, 0.717) is 21.7 Å². The molecular formula is C17H21AsN2O2S. The number of thiazole rings is 1. The van der Waals surface area contributed by atoms with Gasteiger partial charge in [-0.1, -0.05) is 0 Å². The summed E-state index contributed by atoms with van der Waals surface area (Å²) in [5, 5.41) is 5.17. The minimum atomic E-state index is -0.828. The molecule has 1 atom stereocenters. The van der Waals surface area contributed by atoms with Crippen LogP contribution in [0, 0.1) is 12.3 Å². The Morgan fingerprint density at radius 1 is 1.30 bits per heavy atom. The Labute approximate surface area is 147 Å². The number of rotatable bonds is 5. The van der Waals surface area contributed by atoms with Gasteiger partial charge in [0, 0.05) is 0 Å². The van der Waals surface area contributed by atoms with Crippen molar-refractivity contribution in [2.45, 2.75) is 34.1 Å². The molecule has 1 heterocycles. The molecule has 2 rings (SSSR count). The van der Waals surface area contributed by atoms with Crippen LogP contribution in [0.3, 0.4) is 0 Å². The molecule has 0 fully saturated rings. The van der Waals surface area contributed by atoms with Crippen LogP contribution in [0.25, 0.3) is 0 Å². The van der Waals surface area contributed by atoms with Crippen LogP contribution in [0.4, 0.5) is 5.13 Å². The third-order valence-corrected chi connectivity index (χ3v) is 6.49. The summed E-state index contributed by atoms with van der Waals surface area (Å²) >= 11 is 0.558. The molecule has 0 aliphatic rings. The Morgan fingerprint density at radius 2 is 2.04 bits per heavy atom. The van der Waals surface area contributed by atoms with E-state index in [1.54, 1.807) is 12.3 Å². The van der Waals surface area contributed by atoms with Crippen molar-refractivity contribution in [3.8, 4) is 0 Å². The second kappa shape index (κ2) is 7.41. The zero-order chi connectivity index (χ0) is 17.0. The number of amides is 1. The van der Waals surface area contributed by atoms with Crippen LogP contribution in [0.5, 0.6) is 0 Å². The summed E-state index contributed by atoms with van der Waals surface area (Å²) in [6.45, 7) is 8.20. The van der Waals surface area contributed by atoms with Gasteiger partial charge in [-0.3, -0.25) is 0 Å². The van der Waals surface area contributed by atoms with E-state index < -0.39 is 15.8 Å². The number of hydrogen-bond acceptors (Lipinski definition) is 4. The Bertz CT molecular complexity index is 706. The molecule has 0 spiro atoms. The number of aromatic nitrogens is 1. The molecule has 1 amide bonds. The first-order valence-electron chi connectivity index (χ1n) is 7.36. The molecule has 0 radical (unpaired) electrons. The molecule has 6 heteroatoms. The summed E-state index contributed by atoms with van der Waals surface area (Å²) in [5.74, 6) is -0.171. The van der Waals surface area contributed by atoms with E-state index in [9.17, 15) is 9.59 Å². The number of aryl methyl sites for hydroxylation is 1. The van der Waals surface area contributed by atoms with E-state index in [2.05, 4.69) is 31.1 Å². The van der Waals surface area contributed by atoms with Crippen molar-refractivity contribution in [3.63, 3.8) is 0 Å². The van der Waals surface area contributed by atoms with Crippen LogP contribution in [-0.2, 0) is 4.79 Å². The fraction of sp³-hybridized carbons (Fsp3) is 0.353. The van der Waals surface area contributed by atoms with Crippen molar-refractivity contribution in [3.05, 3.63) is 40.9 Å². The zero-order valence-electron chi connectivity index (χ0n) is 13.8. The quantitative estimate of drug-likeness (QED) is 0.796. The van der Waals surface area contributed by atoms with Gasteiger partial charge >= 0.3 is 147 Å². The van der Waals surface area contributed by atoms with Gasteiger partial charge in [0.05, 0.1) is 0 Å². The molecule has 4 nitrogen and oxygen atoms in total. The molecule has 1 unspecified atom stereocenters. The fourth-order valence-electron chi connectivity index (χ4n) is 2.08. The molecule has 2 aromatic rings. The topological polar surface area (TPSA) is 59.1 Å². The van der Waals surface area contributed by atoms with Crippen LogP contribution in [0.15, 0.2) is 29.8 Å². The predicted octanol–water partition coefficient (Wildman–Crippen LogP) is 2.73. The van der Waals surface area contributed by atoms with Crippen LogP contribution < -0.4 is 9.67 Å². The number of carbonyl (C=O) groups is 2. The monoisotopic (exact) mass is 392 g/mol. The van der Waals surface area contributed by atoms with Crippen LogP contribution in [0.2, 0.25) is 0 Å². The molecule has 0 aliphatic heterocycles. The second-order valence-electron chi connectivity index (χ2n) is 6.61. The number of nitrogens with one attached hydrogen (secondary N) is 1. The normalized spacial score (nSPS) is 11.8. The van der Waals surface area contributed by atoms with Gasteiger partial charge < -0.3 is 0 Å². The van der Waals surface area contributed by atoms with Crippen molar-refractivity contribution < 1.29 is 9.59 Å². The number of nitrogens with zero attached hydrogens (tertiary/aromatic N) is 1. The van der Waals surface area contributed by atoms with Crippen LogP contribution in [-0.4, -0.2) is 31.2 Å². The van der Waals surface area contributed by atoms with E-state index in [-0.39, 0.29) is 11.3 Å². The van der Waals surface area contributed by atoms with E-state index in [4.69, 9.17) is 0 Å². The Balaban J connectivity index is 2.05. The van der Waals surface area contributed by atoms with E-state index >= 15 is 0 Å². The Hall–Kier alpha value is -1.45. The Morgan fingerprint density at radius 3 is 2.61 bits per heavy atom. The SMILES string of the molecule is Cc1cc(C(=O)Nc2nccs2)ccc1[AsH]C(=O)CC(C)(C)C. The summed E-state index contributed by atoms with van der Waals surface area (Å²) < 4.78 is 1.45. The second-order valence-corrected chi connectivity index (χ2v) is 10.3. The van der Waals surface area contributed by atoms with Crippen molar-refractivity contribution in [2.24, 2.45) is 5.41 Å². The van der Waals surface area contributed by atoms with Crippen molar-refractivity contribution in [2.75, 3.05) is 5.32 Å². The Kier molecular flexibility index (Phi) is 5.77. The molecule has 23 heavy (non-hydrogen) atoms. The zero-order valence-corrected chi connectivity index (χ0v) is 16.7. The van der Waals surface area contributed by atoms with Gasteiger partial charge in [-0.05, 0) is 0 Å². The molecule has 0 saturated carbocycles. The maximum atomic E-state index is 12.2. The molecular weight excluding hydrogens is 371 g/mol. The molecule has 1 aromatic carbocycles. The molecule has 122 valence electrons. The molecule has 0 bridgehead atoms. The van der Waals surface area contributed by atoms with Crippen molar-refractivity contribution in [1.29, 1.82) is 0 Å². The first kappa shape index (κ1) is 17.9. The van der Waals surface area contributed by atoms with Crippen LogP contribution >= 0.6 is 11.3 Å². The predicted molar refractivity (Wildman–Crippen MR) is 97.1 cm³/mol. The van der Waals surface area contributed by atoms with Gasteiger partial charge in [-0.15, -0.1) is 0 Å². The number of carbonyl (C=O) groups excluding carboxylic acids is 2. The fourth-order valence-corrected chi connectivity index (χ4v) is 5.44. The average molecular weight is 392 g/mol. The summed E-state index contributed by atoms with van der Waals surface area (Å²) in [7, 11) is 0. The molecule has 0 aliphatic carbocycles. The standard InChI is InChI=1S/C17H21AsN2O2S/c1-11-9-12(15(22)20-16-19-7-8-23-16)5-6-13(11)18-14(21)10-17(2,3)4/h5-9,18H,10H2,1-4H3,(H,19,20,22). The first-order valence-corrected chi connectivity index (χ1v) is 10.3. The molecule has 0 saturated heterocycles. The average Bonchev–Trinajstić information content (AvgIpc) is 2.91. The number of anilines is 1. The van der Waals surface area contributed by atoms with Crippen LogP contribution in [0.1, 0.15) is 43.1 Å². The third kappa shape index (κ3) is 5.59. The maximum absolute atomic E-state index is 12.2. The third-order valence-electron chi connectivity index (χ3n) is 3.11. The molecule has 1 aromatic heterocycles. The van der Waals surface area contributed by atoms with E-state index in [0.717, 1.165) is 9.91 Å². The molecule has 1 N–H and O–H groups in total. The number of hydrogen-bond donors (Lipinski definition) is 1. The van der Waals surface area contributed by atoms with Crippen molar-refractivity contribution >= 4 is 47.0 Å². The number of benzene rings is 1. The van der Waals surface area contributed by atoms with Gasteiger partial charge in [-0.2, -0.15) is 0 Å². The summed E-state index contributed by atoms with van der Waals surface area (Å²) in [5.41, 5.74) is 1.64. The first-order chi connectivity index (χ1) is 10.7. The van der Waals surface area contributed by atoms with Crippen molar-refractivity contribution in [1.82, 2.24) is 4.98 Å². The van der Waals surface area contributed by atoms with Gasteiger partial charge in [0.15, 0.2) is 0 Å². The summed E-state index contributed by atoms with van der Waals surface area (Å²) in [4.78, 5) is 28.4. The van der Waals surface area contributed by atoms with Gasteiger partial charge in [0.25, 0.3) is 0 Å². The van der Waals surface area contributed by atoms with E-state index in [1.807, 2.05) is 24.4 Å². The van der Waals surface area contributed by atoms with Gasteiger partial charge in [-0.25, -0.2) is 0 Å². The summed E-state index contributed by atoms with van der Waals surface area (Å²) in [6.07, 6.45) is 2.26. The van der Waals surface area contributed by atoms with E-state index in [1.165, 1.54) is 11.3 Å².